The Morgan fingerprint density at radius 2 is 2.00 bits per heavy atom. The Bertz CT molecular complexity index is 588. The van der Waals surface area contributed by atoms with Crippen molar-refractivity contribution in [2.45, 2.75) is 63.4 Å². The zero-order chi connectivity index (χ0) is 18.0. The van der Waals surface area contributed by atoms with Crippen molar-refractivity contribution in [3.63, 3.8) is 0 Å². The molecule has 0 aliphatic carbocycles. The van der Waals surface area contributed by atoms with E-state index in [1.165, 1.54) is 7.11 Å². The first-order valence-corrected chi connectivity index (χ1v) is 8.31. The number of carbonyl (C=O) groups is 1. The lowest BCUT2D eigenvalue weighted by molar-refractivity contribution is -0.231. The van der Waals surface area contributed by atoms with Crippen LogP contribution in [0.25, 0.3) is 0 Å². The summed E-state index contributed by atoms with van der Waals surface area (Å²) in [7, 11) is 1.28. The van der Waals surface area contributed by atoms with Crippen molar-refractivity contribution in [3.8, 4) is 0 Å². The highest BCUT2D eigenvalue weighted by Crippen LogP contribution is 2.40. The van der Waals surface area contributed by atoms with E-state index in [1.807, 2.05) is 30.3 Å². The third kappa shape index (κ3) is 4.19. The molecule has 1 aromatic carbocycles. The zero-order valence-corrected chi connectivity index (χ0v) is 14.6. The van der Waals surface area contributed by atoms with Crippen LogP contribution in [-0.2, 0) is 35.1 Å². The number of methoxy groups -OCH3 is 1. The van der Waals surface area contributed by atoms with Gasteiger partial charge in [0.05, 0.1) is 26.2 Å². The smallest absolute Gasteiger partial charge is 0.308 e. The van der Waals surface area contributed by atoms with Crippen LogP contribution in [0.2, 0.25) is 0 Å². The lowest BCUT2D eigenvalue weighted by atomic mass is 10.0. The van der Waals surface area contributed by atoms with Crippen LogP contribution in [-0.4, -0.2) is 54.7 Å². The van der Waals surface area contributed by atoms with Gasteiger partial charge in [0, 0.05) is 0 Å². The molecule has 0 unspecified atom stereocenters. The number of aliphatic hydroxyl groups is 1. The van der Waals surface area contributed by atoms with E-state index < -0.39 is 42.5 Å². The highest BCUT2D eigenvalue weighted by atomic mass is 16.8. The van der Waals surface area contributed by atoms with Crippen LogP contribution in [0.5, 0.6) is 0 Å². The molecule has 0 aromatic heterocycles. The number of hydrogen-bond donors (Lipinski definition) is 1. The number of esters is 1. The van der Waals surface area contributed by atoms with Gasteiger partial charge in [-0.3, -0.25) is 4.79 Å². The molecular formula is C18H24O7. The Kier molecular flexibility index (Phi) is 5.41. The average Bonchev–Trinajstić information content (AvgIpc) is 3.05. The van der Waals surface area contributed by atoms with Crippen molar-refractivity contribution in [1.82, 2.24) is 0 Å². The van der Waals surface area contributed by atoms with Crippen molar-refractivity contribution in [1.29, 1.82) is 0 Å². The molecule has 0 saturated carbocycles. The predicted octanol–water partition coefficient (Wildman–Crippen LogP) is 1.37. The molecule has 1 N–H and O–H groups in total. The lowest BCUT2D eigenvalue weighted by Gasteiger charge is -2.28. The minimum absolute atomic E-state index is 0.185. The maximum atomic E-state index is 11.5. The molecule has 5 atom stereocenters. The molecule has 138 valence electrons. The highest BCUT2D eigenvalue weighted by Gasteiger charge is 2.57. The Balaban J connectivity index is 1.71. The predicted molar refractivity (Wildman–Crippen MR) is 86.4 cm³/mol. The minimum Gasteiger partial charge on any atom is -0.469 e. The number of aliphatic hydroxyl groups excluding tert-OH is 1. The summed E-state index contributed by atoms with van der Waals surface area (Å²) >= 11 is 0. The summed E-state index contributed by atoms with van der Waals surface area (Å²) < 4.78 is 28.0. The van der Waals surface area contributed by atoms with Crippen LogP contribution in [0, 0.1) is 0 Å². The monoisotopic (exact) mass is 352 g/mol. The summed E-state index contributed by atoms with van der Waals surface area (Å²) in [4.78, 5) is 11.5. The third-order valence-corrected chi connectivity index (χ3v) is 4.29. The summed E-state index contributed by atoms with van der Waals surface area (Å²) in [5, 5.41) is 10.4. The standard InChI is InChI=1S/C18H24O7/c1-18(2)24-16-15(22-10-11-7-5-4-6-8-11)14(23-17(16)25-18)12(19)9-13(20)21-3/h4-8,12,14-17,19H,9-10H2,1-3H3/t12-,14-,15-,16-,17-/m1/s1. The molecule has 2 aliphatic heterocycles. The molecule has 2 heterocycles. The van der Waals surface area contributed by atoms with Crippen LogP contribution < -0.4 is 0 Å². The summed E-state index contributed by atoms with van der Waals surface area (Å²) in [6, 6.07) is 9.67. The molecule has 0 radical (unpaired) electrons. The molecule has 2 saturated heterocycles. The number of carbonyl (C=O) groups excluding carboxylic acids is 1. The molecule has 0 spiro atoms. The van der Waals surface area contributed by atoms with E-state index in [-0.39, 0.29) is 6.42 Å². The Labute approximate surface area is 146 Å². The maximum Gasteiger partial charge on any atom is 0.308 e. The van der Waals surface area contributed by atoms with E-state index in [1.54, 1.807) is 13.8 Å². The molecule has 0 amide bonds. The van der Waals surface area contributed by atoms with Gasteiger partial charge in [-0.05, 0) is 19.4 Å². The average molecular weight is 352 g/mol. The SMILES string of the molecule is COC(=O)C[C@@H](O)[C@H]1O[C@@H]2OC(C)(C)O[C@@H]2[C@@H]1OCc1ccccc1. The molecule has 7 nitrogen and oxygen atoms in total. The molecule has 2 aliphatic rings. The normalized spacial score (nSPS) is 31.5. The van der Waals surface area contributed by atoms with E-state index in [0.717, 1.165) is 5.56 Å². The second-order valence-electron chi connectivity index (χ2n) is 6.68. The van der Waals surface area contributed by atoms with Gasteiger partial charge in [0.15, 0.2) is 12.1 Å². The van der Waals surface area contributed by atoms with Gasteiger partial charge in [0.2, 0.25) is 0 Å². The fourth-order valence-corrected chi connectivity index (χ4v) is 3.14. The molecule has 7 heteroatoms. The van der Waals surface area contributed by atoms with Crippen molar-refractivity contribution in [3.05, 3.63) is 35.9 Å². The van der Waals surface area contributed by atoms with Gasteiger partial charge in [-0.1, -0.05) is 30.3 Å². The van der Waals surface area contributed by atoms with Gasteiger partial charge >= 0.3 is 5.97 Å². The Hall–Kier alpha value is -1.51. The van der Waals surface area contributed by atoms with E-state index in [9.17, 15) is 9.90 Å². The van der Waals surface area contributed by atoms with E-state index >= 15 is 0 Å². The van der Waals surface area contributed by atoms with Gasteiger partial charge in [0.1, 0.15) is 18.3 Å². The van der Waals surface area contributed by atoms with Crippen molar-refractivity contribution >= 4 is 5.97 Å². The van der Waals surface area contributed by atoms with E-state index in [0.29, 0.717) is 6.61 Å². The van der Waals surface area contributed by atoms with Crippen LogP contribution in [0.1, 0.15) is 25.8 Å². The van der Waals surface area contributed by atoms with Gasteiger partial charge < -0.3 is 28.8 Å². The molecular weight excluding hydrogens is 328 g/mol. The van der Waals surface area contributed by atoms with Gasteiger partial charge in [-0.25, -0.2) is 0 Å². The van der Waals surface area contributed by atoms with Crippen LogP contribution >= 0.6 is 0 Å². The number of hydrogen-bond acceptors (Lipinski definition) is 7. The fourth-order valence-electron chi connectivity index (χ4n) is 3.14. The molecule has 0 bridgehead atoms. The second kappa shape index (κ2) is 7.39. The summed E-state index contributed by atoms with van der Waals surface area (Å²) in [5.41, 5.74) is 0.991. The molecule has 3 rings (SSSR count). The van der Waals surface area contributed by atoms with Crippen LogP contribution in [0.4, 0.5) is 0 Å². The Morgan fingerprint density at radius 1 is 1.28 bits per heavy atom. The number of benzene rings is 1. The van der Waals surface area contributed by atoms with E-state index in [2.05, 4.69) is 4.74 Å². The quantitative estimate of drug-likeness (QED) is 0.774. The number of rotatable bonds is 6. The van der Waals surface area contributed by atoms with Gasteiger partial charge in [-0.2, -0.15) is 0 Å². The largest absolute Gasteiger partial charge is 0.469 e. The fraction of sp³-hybridized carbons (Fsp3) is 0.611. The van der Waals surface area contributed by atoms with Gasteiger partial charge in [-0.15, -0.1) is 0 Å². The lowest BCUT2D eigenvalue weighted by Crippen LogP contribution is -2.43. The number of fused-ring (bicyclic) bond motifs is 1. The van der Waals surface area contributed by atoms with Crippen LogP contribution in [0.3, 0.4) is 0 Å². The molecule has 1 aromatic rings. The van der Waals surface area contributed by atoms with Crippen molar-refractivity contribution in [2.24, 2.45) is 0 Å². The van der Waals surface area contributed by atoms with E-state index in [4.69, 9.17) is 18.9 Å². The van der Waals surface area contributed by atoms with Crippen LogP contribution in [0.15, 0.2) is 30.3 Å². The second-order valence-corrected chi connectivity index (χ2v) is 6.68. The summed E-state index contributed by atoms with van der Waals surface area (Å²) in [6.45, 7) is 3.93. The minimum atomic E-state index is -1.07. The first-order chi connectivity index (χ1) is 11.9. The van der Waals surface area contributed by atoms with Crippen molar-refractivity contribution < 1.29 is 33.6 Å². The summed E-state index contributed by atoms with van der Waals surface area (Å²) in [6.07, 6.45) is -3.69. The highest BCUT2D eigenvalue weighted by molar-refractivity contribution is 5.69. The topological polar surface area (TPSA) is 83.5 Å². The number of ether oxygens (including phenoxy) is 5. The molecule has 25 heavy (non-hydrogen) atoms. The van der Waals surface area contributed by atoms with Gasteiger partial charge in [0.25, 0.3) is 0 Å². The first kappa shape index (κ1) is 18.3. The Morgan fingerprint density at radius 3 is 2.68 bits per heavy atom. The maximum absolute atomic E-state index is 11.5. The third-order valence-electron chi connectivity index (χ3n) is 4.29. The zero-order valence-electron chi connectivity index (χ0n) is 14.6. The molecule has 2 fully saturated rings. The van der Waals surface area contributed by atoms with Crippen molar-refractivity contribution in [2.75, 3.05) is 7.11 Å². The summed E-state index contributed by atoms with van der Waals surface area (Å²) in [5.74, 6) is -1.31. The first-order valence-electron chi connectivity index (χ1n) is 8.31.